The van der Waals surface area contributed by atoms with Crippen LogP contribution in [0.3, 0.4) is 0 Å². The van der Waals surface area contributed by atoms with Crippen molar-refractivity contribution in [3.05, 3.63) is 22.4 Å². The van der Waals surface area contributed by atoms with Gasteiger partial charge in [-0.15, -0.1) is 0 Å². The second-order valence-electron chi connectivity index (χ2n) is 2.73. The quantitative estimate of drug-likeness (QED) is 0.774. The van der Waals surface area contributed by atoms with Crippen LogP contribution in [0.15, 0.2) is 16.8 Å². The third-order valence-electron chi connectivity index (χ3n) is 1.67. The van der Waals surface area contributed by atoms with Gasteiger partial charge in [0.05, 0.1) is 6.04 Å². The van der Waals surface area contributed by atoms with Gasteiger partial charge < -0.3 is 5.32 Å². The Labute approximate surface area is 74.4 Å². The Bertz CT molecular complexity index is 228. The maximum Gasteiger partial charge on any atom is 0.264 e. The molecule has 1 aromatic heterocycles. The standard InChI is InChI=1S/C8H11F2NS/c1-8(9,10)7(11-2)6-3-4-12-5-6/h3-5,7,11H,1-2H3. The minimum atomic E-state index is -2.71. The van der Waals surface area contributed by atoms with E-state index in [-0.39, 0.29) is 0 Å². The van der Waals surface area contributed by atoms with Crippen molar-refractivity contribution in [2.45, 2.75) is 18.9 Å². The molecule has 0 spiro atoms. The van der Waals surface area contributed by atoms with Crippen molar-refractivity contribution in [3.8, 4) is 0 Å². The molecular formula is C8H11F2NS. The molecule has 0 amide bonds. The van der Waals surface area contributed by atoms with Crippen LogP contribution in [0.25, 0.3) is 0 Å². The predicted octanol–water partition coefficient (Wildman–Crippen LogP) is 2.66. The highest BCUT2D eigenvalue weighted by molar-refractivity contribution is 7.07. The van der Waals surface area contributed by atoms with Crippen molar-refractivity contribution in [2.75, 3.05) is 7.05 Å². The number of nitrogens with one attached hydrogen (secondary N) is 1. The van der Waals surface area contributed by atoms with Crippen LogP contribution in [0.5, 0.6) is 0 Å². The van der Waals surface area contributed by atoms with E-state index in [2.05, 4.69) is 5.32 Å². The molecule has 0 saturated heterocycles. The zero-order valence-corrected chi connectivity index (χ0v) is 7.79. The van der Waals surface area contributed by atoms with Crippen molar-refractivity contribution in [2.24, 2.45) is 0 Å². The fourth-order valence-corrected chi connectivity index (χ4v) is 1.84. The van der Waals surface area contributed by atoms with Gasteiger partial charge in [0, 0.05) is 6.92 Å². The van der Waals surface area contributed by atoms with Crippen LogP contribution >= 0.6 is 11.3 Å². The van der Waals surface area contributed by atoms with Gasteiger partial charge in [0.1, 0.15) is 0 Å². The second-order valence-corrected chi connectivity index (χ2v) is 3.51. The summed E-state index contributed by atoms with van der Waals surface area (Å²) in [6.07, 6.45) is 0. The lowest BCUT2D eigenvalue weighted by Gasteiger charge is -2.21. The summed E-state index contributed by atoms with van der Waals surface area (Å²) in [6, 6.07) is 0.840. The zero-order valence-electron chi connectivity index (χ0n) is 6.97. The van der Waals surface area contributed by atoms with E-state index in [0.717, 1.165) is 6.92 Å². The van der Waals surface area contributed by atoms with Crippen molar-refractivity contribution < 1.29 is 8.78 Å². The van der Waals surface area contributed by atoms with E-state index in [1.165, 1.54) is 11.3 Å². The molecule has 0 aromatic carbocycles. The second kappa shape index (κ2) is 3.49. The number of thiophene rings is 1. The third-order valence-corrected chi connectivity index (χ3v) is 2.37. The average Bonchev–Trinajstić information content (AvgIpc) is 2.38. The molecule has 0 fully saturated rings. The molecule has 1 aromatic rings. The van der Waals surface area contributed by atoms with Crippen LogP contribution in [0, 0.1) is 0 Å². The molecule has 0 aliphatic heterocycles. The van der Waals surface area contributed by atoms with Gasteiger partial charge in [0.25, 0.3) is 5.92 Å². The molecule has 1 N–H and O–H groups in total. The Hall–Kier alpha value is -0.480. The lowest BCUT2D eigenvalue weighted by atomic mass is 10.1. The summed E-state index contributed by atoms with van der Waals surface area (Å²) < 4.78 is 25.8. The fourth-order valence-electron chi connectivity index (χ4n) is 1.15. The Morgan fingerprint density at radius 1 is 1.58 bits per heavy atom. The van der Waals surface area contributed by atoms with E-state index in [1.807, 2.05) is 0 Å². The highest BCUT2D eigenvalue weighted by Crippen LogP contribution is 2.31. The van der Waals surface area contributed by atoms with Gasteiger partial charge in [-0.1, -0.05) is 0 Å². The number of alkyl halides is 2. The highest BCUT2D eigenvalue weighted by Gasteiger charge is 2.34. The van der Waals surface area contributed by atoms with Gasteiger partial charge in [0.2, 0.25) is 0 Å². The molecule has 0 radical (unpaired) electrons. The van der Waals surface area contributed by atoms with Gasteiger partial charge in [0.15, 0.2) is 0 Å². The lowest BCUT2D eigenvalue weighted by molar-refractivity contribution is -0.0168. The number of halogens is 2. The summed E-state index contributed by atoms with van der Waals surface area (Å²) in [5.41, 5.74) is 0.648. The van der Waals surface area contributed by atoms with Gasteiger partial charge in [-0.2, -0.15) is 11.3 Å². The number of hydrogen-bond acceptors (Lipinski definition) is 2. The van der Waals surface area contributed by atoms with Gasteiger partial charge >= 0.3 is 0 Å². The predicted molar refractivity (Wildman–Crippen MR) is 46.7 cm³/mol. The fraction of sp³-hybridized carbons (Fsp3) is 0.500. The smallest absolute Gasteiger partial charge is 0.264 e. The maximum absolute atomic E-state index is 12.9. The minimum absolute atomic E-state index is 0.648. The first-order valence-electron chi connectivity index (χ1n) is 3.63. The number of hydrogen-bond donors (Lipinski definition) is 1. The first kappa shape index (κ1) is 9.61. The maximum atomic E-state index is 12.9. The van der Waals surface area contributed by atoms with E-state index in [0.29, 0.717) is 5.56 Å². The number of rotatable bonds is 3. The molecule has 1 unspecified atom stereocenters. The molecule has 68 valence electrons. The molecule has 0 aliphatic carbocycles. The van der Waals surface area contributed by atoms with E-state index in [9.17, 15) is 8.78 Å². The van der Waals surface area contributed by atoms with Crippen LogP contribution in [0.1, 0.15) is 18.5 Å². The van der Waals surface area contributed by atoms with Crippen molar-refractivity contribution >= 4 is 11.3 Å². The SMILES string of the molecule is CNC(c1ccsc1)C(C)(F)F. The van der Waals surface area contributed by atoms with E-state index in [1.54, 1.807) is 23.9 Å². The van der Waals surface area contributed by atoms with Crippen LogP contribution in [-0.4, -0.2) is 13.0 Å². The summed E-state index contributed by atoms with van der Waals surface area (Å²) >= 11 is 1.43. The molecule has 1 rings (SSSR count). The van der Waals surface area contributed by atoms with E-state index < -0.39 is 12.0 Å². The topological polar surface area (TPSA) is 12.0 Å². The summed E-state index contributed by atoms with van der Waals surface area (Å²) in [5, 5.41) is 6.13. The minimum Gasteiger partial charge on any atom is -0.308 e. The first-order valence-corrected chi connectivity index (χ1v) is 4.57. The summed E-state index contributed by atoms with van der Waals surface area (Å²) in [6.45, 7) is 0.922. The Morgan fingerprint density at radius 3 is 2.58 bits per heavy atom. The summed E-state index contributed by atoms with van der Waals surface area (Å²) in [5.74, 6) is -2.71. The largest absolute Gasteiger partial charge is 0.308 e. The zero-order chi connectivity index (χ0) is 9.19. The Balaban J connectivity index is 2.84. The average molecular weight is 191 g/mol. The van der Waals surface area contributed by atoms with Crippen LogP contribution in [0.2, 0.25) is 0 Å². The van der Waals surface area contributed by atoms with E-state index >= 15 is 0 Å². The van der Waals surface area contributed by atoms with Gasteiger partial charge in [-0.25, -0.2) is 8.78 Å². The monoisotopic (exact) mass is 191 g/mol. The van der Waals surface area contributed by atoms with E-state index in [4.69, 9.17) is 0 Å². The molecule has 1 nitrogen and oxygen atoms in total. The lowest BCUT2D eigenvalue weighted by Crippen LogP contribution is -2.32. The molecular weight excluding hydrogens is 180 g/mol. The Morgan fingerprint density at radius 2 is 2.25 bits per heavy atom. The van der Waals surface area contributed by atoms with Crippen molar-refractivity contribution in [3.63, 3.8) is 0 Å². The molecule has 4 heteroatoms. The van der Waals surface area contributed by atoms with Crippen molar-refractivity contribution in [1.29, 1.82) is 0 Å². The van der Waals surface area contributed by atoms with Crippen LogP contribution in [-0.2, 0) is 0 Å². The molecule has 1 atom stereocenters. The van der Waals surface area contributed by atoms with Crippen LogP contribution in [0.4, 0.5) is 8.78 Å². The summed E-state index contributed by atoms with van der Waals surface area (Å²) in [4.78, 5) is 0. The van der Waals surface area contributed by atoms with Crippen LogP contribution < -0.4 is 5.32 Å². The third kappa shape index (κ3) is 2.01. The first-order chi connectivity index (χ1) is 5.55. The highest BCUT2D eigenvalue weighted by atomic mass is 32.1. The molecule has 0 saturated carbocycles. The molecule has 0 bridgehead atoms. The Kier molecular flexibility index (Phi) is 2.80. The van der Waals surface area contributed by atoms with Gasteiger partial charge in [-0.05, 0) is 29.4 Å². The molecule has 12 heavy (non-hydrogen) atoms. The molecule has 1 heterocycles. The van der Waals surface area contributed by atoms with Crippen molar-refractivity contribution in [1.82, 2.24) is 5.32 Å². The van der Waals surface area contributed by atoms with Gasteiger partial charge in [-0.3, -0.25) is 0 Å². The molecule has 0 aliphatic rings. The summed E-state index contributed by atoms with van der Waals surface area (Å²) in [7, 11) is 1.54. The normalized spacial score (nSPS) is 14.7.